The Labute approximate surface area is 164 Å². The first-order valence-corrected chi connectivity index (χ1v) is 8.51. The number of benzene rings is 2. The standard InChI is InChI=1S/C18H15Cl2FN2O4/c1-10(17(25)23-14-7-3-6-13(19)16(14)20)27-15(24)9-22-18(26)11-4-2-5-12(21)8-11/h2-8,10H,9H2,1H3,(H,22,26)(H,23,25). The zero-order valence-electron chi connectivity index (χ0n) is 14.1. The van der Waals surface area contributed by atoms with E-state index in [1.54, 1.807) is 18.2 Å². The van der Waals surface area contributed by atoms with Crippen molar-refractivity contribution in [2.75, 3.05) is 11.9 Å². The van der Waals surface area contributed by atoms with Crippen molar-refractivity contribution in [3.63, 3.8) is 0 Å². The van der Waals surface area contributed by atoms with Crippen LogP contribution in [0.25, 0.3) is 0 Å². The molecule has 0 aliphatic carbocycles. The van der Waals surface area contributed by atoms with E-state index in [-0.39, 0.29) is 21.3 Å². The monoisotopic (exact) mass is 412 g/mol. The fourth-order valence-corrected chi connectivity index (χ4v) is 2.36. The third-order valence-electron chi connectivity index (χ3n) is 3.37. The van der Waals surface area contributed by atoms with Gasteiger partial charge in [-0.2, -0.15) is 0 Å². The minimum absolute atomic E-state index is 0.0594. The molecule has 0 fully saturated rings. The quantitative estimate of drug-likeness (QED) is 0.711. The van der Waals surface area contributed by atoms with E-state index in [1.165, 1.54) is 25.1 Å². The molecule has 0 saturated heterocycles. The maximum atomic E-state index is 13.1. The summed E-state index contributed by atoms with van der Waals surface area (Å²) in [6.45, 7) is 0.880. The van der Waals surface area contributed by atoms with Gasteiger partial charge in [0.25, 0.3) is 11.8 Å². The number of hydrogen-bond acceptors (Lipinski definition) is 4. The van der Waals surface area contributed by atoms with Crippen molar-refractivity contribution >= 4 is 46.7 Å². The molecular formula is C18H15Cl2FN2O4. The summed E-state index contributed by atoms with van der Waals surface area (Å²) in [5, 5.41) is 5.20. The van der Waals surface area contributed by atoms with Gasteiger partial charge in [0.2, 0.25) is 0 Å². The summed E-state index contributed by atoms with van der Waals surface area (Å²) < 4.78 is 18.0. The number of halogens is 3. The van der Waals surface area contributed by atoms with Gasteiger partial charge in [0.05, 0.1) is 15.7 Å². The topological polar surface area (TPSA) is 84.5 Å². The van der Waals surface area contributed by atoms with Crippen LogP contribution in [0, 0.1) is 5.82 Å². The summed E-state index contributed by atoms with van der Waals surface area (Å²) >= 11 is 11.8. The summed E-state index contributed by atoms with van der Waals surface area (Å²) in [4.78, 5) is 35.7. The van der Waals surface area contributed by atoms with Crippen LogP contribution in [0.3, 0.4) is 0 Å². The highest BCUT2D eigenvalue weighted by Gasteiger charge is 2.20. The number of amides is 2. The fraction of sp³-hybridized carbons (Fsp3) is 0.167. The summed E-state index contributed by atoms with van der Waals surface area (Å²) in [5.41, 5.74) is 0.334. The van der Waals surface area contributed by atoms with Gasteiger partial charge in [-0.25, -0.2) is 4.39 Å². The molecule has 2 amide bonds. The fourth-order valence-electron chi connectivity index (χ4n) is 2.01. The van der Waals surface area contributed by atoms with Crippen LogP contribution in [0.1, 0.15) is 17.3 Å². The van der Waals surface area contributed by atoms with E-state index in [2.05, 4.69) is 10.6 Å². The zero-order valence-corrected chi connectivity index (χ0v) is 15.6. The number of carbonyl (C=O) groups is 3. The van der Waals surface area contributed by atoms with Crippen molar-refractivity contribution in [2.24, 2.45) is 0 Å². The Balaban J connectivity index is 1.85. The molecule has 0 aliphatic rings. The molecule has 2 aromatic rings. The number of nitrogens with one attached hydrogen (secondary N) is 2. The molecule has 0 aromatic heterocycles. The summed E-state index contributed by atoms with van der Waals surface area (Å²) in [5.74, 6) is -2.67. The highest BCUT2D eigenvalue weighted by atomic mass is 35.5. The molecule has 142 valence electrons. The molecular weight excluding hydrogens is 398 g/mol. The predicted octanol–water partition coefficient (Wildman–Crippen LogP) is 3.43. The number of hydrogen-bond donors (Lipinski definition) is 2. The van der Waals surface area contributed by atoms with Gasteiger partial charge in [0.1, 0.15) is 12.4 Å². The van der Waals surface area contributed by atoms with E-state index < -0.39 is 36.2 Å². The second kappa shape index (κ2) is 9.34. The maximum absolute atomic E-state index is 13.1. The van der Waals surface area contributed by atoms with E-state index in [0.717, 1.165) is 6.07 Å². The van der Waals surface area contributed by atoms with Gasteiger partial charge in [-0.05, 0) is 37.3 Å². The maximum Gasteiger partial charge on any atom is 0.326 e. The lowest BCUT2D eigenvalue weighted by atomic mass is 10.2. The highest BCUT2D eigenvalue weighted by molar-refractivity contribution is 6.44. The van der Waals surface area contributed by atoms with Gasteiger partial charge in [-0.15, -0.1) is 0 Å². The number of carbonyl (C=O) groups excluding carboxylic acids is 3. The van der Waals surface area contributed by atoms with Crippen LogP contribution in [-0.2, 0) is 14.3 Å². The Morgan fingerprint density at radius 3 is 2.56 bits per heavy atom. The SMILES string of the molecule is CC(OC(=O)CNC(=O)c1cccc(F)c1)C(=O)Nc1cccc(Cl)c1Cl. The smallest absolute Gasteiger partial charge is 0.326 e. The Hall–Kier alpha value is -2.64. The third kappa shape index (κ3) is 5.94. The van der Waals surface area contributed by atoms with Crippen molar-refractivity contribution in [2.45, 2.75) is 13.0 Å². The molecule has 2 aromatic carbocycles. The van der Waals surface area contributed by atoms with Gasteiger partial charge in [-0.3, -0.25) is 14.4 Å². The Morgan fingerprint density at radius 1 is 1.15 bits per heavy atom. The van der Waals surface area contributed by atoms with Gasteiger partial charge >= 0.3 is 5.97 Å². The van der Waals surface area contributed by atoms with Crippen LogP contribution in [0.15, 0.2) is 42.5 Å². The molecule has 0 radical (unpaired) electrons. The molecule has 0 saturated carbocycles. The molecule has 1 unspecified atom stereocenters. The first-order valence-electron chi connectivity index (χ1n) is 7.76. The Bertz CT molecular complexity index is 876. The minimum Gasteiger partial charge on any atom is -0.451 e. The van der Waals surface area contributed by atoms with Gasteiger partial charge < -0.3 is 15.4 Å². The van der Waals surface area contributed by atoms with Crippen LogP contribution in [-0.4, -0.2) is 30.4 Å². The average Bonchev–Trinajstić information content (AvgIpc) is 2.63. The molecule has 2 rings (SSSR count). The summed E-state index contributed by atoms with van der Waals surface area (Å²) in [6.07, 6.45) is -1.14. The molecule has 9 heteroatoms. The van der Waals surface area contributed by atoms with Crippen molar-refractivity contribution < 1.29 is 23.5 Å². The van der Waals surface area contributed by atoms with E-state index >= 15 is 0 Å². The average molecular weight is 413 g/mol. The van der Waals surface area contributed by atoms with Crippen molar-refractivity contribution in [3.8, 4) is 0 Å². The lowest BCUT2D eigenvalue weighted by molar-refractivity contribution is -0.152. The van der Waals surface area contributed by atoms with Crippen molar-refractivity contribution in [1.82, 2.24) is 5.32 Å². The van der Waals surface area contributed by atoms with Crippen LogP contribution in [0.5, 0.6) is 0 Å². The summed E-state index contributed by atoms with van der Waals surface area (Å²) in [6, 6.07) is 9.69. The zero-order chi connectivity index (χ0) is 20.0. The third-order valence-corrected chi connectivity index (χ3v) is 4.19. The van der Waals surface area contributed by atoms with Gasteiger partial charge in [-0.1, -0.05) is 35.3 Å². The molecule has 0 heterocycles. The lowest BCUT2D eigenvalue weighted by Gasteiger charge is -2.15. The molecule has 6 nitrogen and oxygen atoms in total. The minimum atomic E-state index is -1.14. The molecule has 27 heavy (non-hydrogen) atoms. The first-order chi connectivity index (χ1) is 12.8. The number of esters is 1. The Kier molecular flexibility index (Phi) is 7.15. The molecule has 1 atom stereocenters. The largest absolute Gasteiger partial charge is 0.451 e. The van der Waals surface area contributed by atoms with Crippen LogP contribution < -0.4 is 10.6 Å². The van der Waals surface area contributed by atoms with Crippen LogP contribution in [0.2, 0.25) is 10.0 Å². The molecule has 2 N–H and O–H groups in total. The van der Waals surface area contributed by atoms with E-state index in [4.69, 9.17) is 27.9 Å². The second-order valence-corrected chi connectivity index (χ2v) is 6.20. The van der Waals surface area contributed by atoms with E-state index in [9.17, 15) is 18.8 Å². The van der Waals surface area contributed by atoms with Gasteiger partial charge in [0.15, 0.2) is 6.10 Å². The highest BCUT2D eigenvalue weighted by Crippen LogP contribution is 2.29. The van der Waals surface area contributed by atoms with Crippen LogP contribution in [0.4, 0.5) is 10.1 Å². The van der Waals surface area contributed by atoms with E-state index in [0.29, 0.717) is 0 Å². The van der Waals surface area contributed by atoms with Gasteiger partial charge in [0, 0.05) is 5.56 Å². The normalized spacial score (nSPS) is 11.4. The summed E-state index contributed by atoms with van der Waals surface area (Å²) in [7, 11) is 0. The second-order valence-electron chi connectivity index (χ2n) is 5.42. The number of rotatable bonds is 6. The lowest BCUT2D eigenvalue weighted by Crippen LogP contribution is -2.35. The Morgan fingerprint density at radius 2 is 1.85 bits per heavy atom. The van der Waals surface area contributed by atoms with E-state index in [1.807, 2.05) is 0 Å². The predicted molar refractivity (Wildman–Crippen MR) is 99.4 cm³/mol. The van der Waals surface area contributed by atoms with Crippen LogP contribution >= 0.6 is 23.2 Å². The van der Waals surface area contributed by atoms with Crippen molar-refractivity contribution in [3.05, 3.63) is 63.9 Å². The number of anilines is 1. The first kappa shape index (κ1) is 20.7. The number of ether oxygens (including phenoxy) is 1. The molecule has 0 spiro atoms. The molecule has 0 aliphatic heterocycles. The van der Waals surface area contributed by atoms with Crippen molar-refractivity contribution in [1.29, 1.82) is 0 Å². The molecule has 0 bridgehead atoms.